The normalized spacial score (nSPS) is 13.0. The van der Waals surface area contributed by atoms with E-state index in [1.807, 2.05) is 24.3 Å². The summed E-state index contributed by atoms with van der Waals surface area (Å²) in [5.41, 5.74) is 1.39. The van der Waals surface area contributed by atoms with Crippen LogP contribution in [0.4, 0.5) is 0 Å². The molecule has 1 unspecified atom stereocenters. The molecule has 72 valence electrons. The predicted molar refractivity (Wildman–Crippen MR) is 55.5 cm³/mol. The number of nitrogens with zero attached hydrogens (tertiary/aromatic N) is 1. The van der Waals surface area contributed by atoms with Crippen LogP contribution in [0.15, 0.2) is 35.4 Å². The van der Waals surface area contributed by atoms with Gasteiger partial charge in [0.25, 0.3) is 0 Å². The molecule has 0 spiro atoms. The molecule has 1 aromatic heterocycles. The molecule has 0 aliphatic carbocycles. The minimum Gasteiger partial charge on any atom is -0.302 e. The Morgan fingerprint density at radius 1 is 1.36 bits per heavy atom. The smallest absolute Gasteiger partial charge is 0.189 e. The van der Waals surface area contributed by atoms with Gasteiger partial charge in [0, 0.05) is 11.6 Å². The molecule has 1 aromatic carbocycles. The van der Waals surface area contributed by atoms with Gasteiger partial charge < -0.3 is 4.55 Å². The highest BCUT2D eigenvalue weighted by molar-refractivity contribution is 7.79. The number of hydrogen-bond donors (Lipinski definition) is 1. The lowest BCUT2D eigenvalue weighted by atomic mass is 10.1. The van der Waals surface area contributed by atoms with Crippen LogP contribution in [0, 0.1) is 6.92 Å². The summed E-state index contributed by atoms with van der Waals surface area (Å²) in [5.74, 6) is 0. The van der Waals surface area contributed by atoms with Gasteiger partial charge in [-0.2, -0.15) is 0 Å². The number of aryl methyl sites for hydroxylation is 1. The van der Waals surface area contributed by atoms with Gasteiger partial charge in [0.15, 0.2) is 11.1 Å². The van der Waals surface area contributed by atoms with Crippen molar-refractivity contribution in [2.45, 2.75) is 11.8 Å². The van der Waals surface area contributed by atoms with Crippen LogP contribution in [0.2, 0.25) is 0 Å². The minimum atomic E-state index is -1.98. The predicted octanol–water partition coefficient (Wildman–Crippen LogP) is 2.12. The van der Waals surface area contributed by atoms with Crippen LogP contribution in [0.25, 0.3) is 10.9 Å². The quantitative estimate of drug-likeness (QED) is 0.729. The molecular formula is C10H9NO2S. The van der Waals surface area contributed by atoms with Gasteiger partial charge in [-0.15, -0.1) is 0 Å². The molecule has 1 N–H and O–H groups in total. The summed E-state index contributed by atoms with van der Waals surface area (Å²) in [5, 5.41) is 0.885. The lowest BCUT2D eigenvalue weighted by Crippen LogP contribution is -1.95. The van der Waals surface area contributed by atoms with Gasteiger partial charge >= 0.3 is 0 Å². The number of pyridine rings is 1. The zero-order valence-corrected chi connectivity index (χ0v) is 8.41. The van der Waals surface area contributed by atoms with Crippen LogP contribution in [0.5, 0.6) is 0 Å². The van der Waals surface area contributed by atoms with Crippen molar-refractivity contribution in [1.82, 2.24) is 4.98 Å². The van der Waals surface area contributed by atoms with Gasteiger partial charge in [0.05, 0.1) is 10.4 Å². The van der Waals surface area contributed by atoms with Crippen molar-refractivity contribution in [2.75, 3.05) is 0 Å². The number of rotatable bonds is 1. The topological polar surface area (TPSA) is 50.2 Å². The average Bonchev–Trinajstić information content (AvgIpc) is 2.17. The molecule has 2 aromatic rings. The third kappa shape index (κ3) is 1.42. The second-order valence-corrected chi connectivity index (χ2v) is 3.94. The summed E-state index contributed by atoms with van der Waals surface area (Å²) in [6.45, 7) is 1.80. The molecule has 3 nitrogen and oxygen atoms in total. The molecule has 1 heterocycles. The molecule has 4 heteroatoms. The van der Waals surface area contributed by atoms with Crippen molar-refractivity contribution in [3.8, 4) is 0 Å². The highest BCUT2D eigenvalue weighted by atomic mass is 32.2. The summed E-state index contributed by atoms with van der Waals surface area (Å²) in [6.07, 6.45) is 1.62. The third-order valence-corrected chi connectivity index (χ3v) is 2.96. The largest absolute Gasteiger partial charge is 0.302 e. The van der Waals surface area contributed by atoms with Crippen molar-refractivity contribution in [3.05, 3.63) is 36.0 Å². The molecule has 2 rings (SSSR count). The van der Waals surface area contributed by atoms with Gasteiger partial charge in [-0.05, 0) is 18.6 Å². The minimum absolute atomic E-state index is 0.406. The Hall–Kier alpha value is -1.26. The molecule has 0 fully saturated rings. The van der Waals surface area contributed by atoms with Crippen molar-refractivity contribution in [1.29, 1.82) is 0 Å². The van der Waals surface area contributed by atoms with Gasteiger partial charge in [-0.1, -0.05) is 18.2 Å². The number of benzene rings is 1. The van der Waals surface area contributed by atoms with E-state index in [9.17, 15) is 4.21 Å². The molecule has 1 atom stereocenters. The Labute approximate surface area is 84.1 Å². The first-order valence-electron chi connectivity index (χ1n) is 4.15. The van der Waals surface area contributed by atoms with Gasteiger partial charge in [0.1, 0.15) is 0 Å². The van der Waals surface area contributed by atoms with Crippen LogP contribution in [-0.4, -0.2) is 13.7 Å². The second kappa shape index (κ2) is 3.48. The third-order valence-electron chi connectivity index (χ3n) is 2.10. The molecule has 0 bridgehead atoms. The fourth-order valence-corrected chi connectivity index (χ4v) is 2.12. The van der Waals surface area contributed by atoms with E-state index in [4.69, 9.17) is 4.55 Å². The van der Waals surface area contributed by atoms with Crippen LogP contribution >= 0.6 is 0 Å². The first-order chi connectivity index (χ1) is 6.70. The maximum Gasteiger partial charge on any atom is 0.189 e. The first kappa shape index (κ1) is 9.30. The van der Waals surface area contributed by atoms with E-state index in [1.165, 1.54) is 0 Å². The van der Waals surface area contributed by atoms with Crippen LogP contribution in [-0.2, 0) is 11.1 Å². The number of hydrogen-bond acceptors (Lipinski definition) is 2. The van der Waals surface area contributed by atoms with E-state index >= 15 is 0 Å². The Morgan fingerprint density at radius 2 is 2.14 bits per heavy atom. The highest BCUT2D eigenvalue weighted by Crippen LogP contribution is 2.22. The molecule has 0 saturated carbocycles. The van der Waals surface area contributed by atoms with E-state index in [1.54, 1.807) is 13.1 Å². The van der Waals surface area contributed by atoms with Crippen LogP contribution < -0.4 is 0 Å². The number of fused-ring (bicyclic) bond motifs is 1. The zero-order chi connectivity index (χ0) is 10.1. The van der Waals surface area contributed by atoms with Crippen molar-refractivity contribution in [3.63, 3.8) is 0 Å². The highest BCUT2D eigenvalue weighted by Gasteiger charge is 2.10. The Kier molecular flexibility index (Phi) is 2.31. The summed E-state index contributed by atoms with van der Waals surface area (Å²) < 4.78 is 20.2. The summed E-state index contributed by atoms with van der Waals surface area (Å²) in [6, 6.07) is 7.40. The molecule has 0 saturated heterocycles. The molecule has 0 radical (unpaired) electrons. The Morgan fingerprint density at radius 3 is 2.86 bits per heavy atom. The zero-order valence-electron chi connectivity index (χ0n) is 7.60. The summed E-state index contributed by atoms with van der Waals surface area (Å²) in [4.78, 5) is 4.52. The van der Waals surface area contributed by atoms with Gasteiger partial charge in [0.2, 0.25) is 0 Å². The SMILES string of the molecule is Cc1ccc2cccnc2c1S(=O)O. The molecule has 14 heavy (non-hydrogen) atoms. The first-order valence-corrected chi connectivity index (χ1v) is 5.26. The fourth-order valence-electron chi connectivity index (χ4n) is 1.44. The lowest BCUT2D eigenvalue weighted by molar-refractivity contribution is 0.564. The fraction of sp³-hybridized carbons (Fsp3) is 0.100. The van der Waals surface area contributed by atoms with Gasteiger partial charge in [-0.25, -0.2) is 4.21 Å². The van der Waals surface area contributed by atoms with E-state index in [-0.39, 0.29) is 0 Å². The second-order valence-electron chi connectivity index (χ2n) is 3.04. The standard InChI is InChI=1S/C10H9NO2S/c1-7-4-5-8-3-2-6-11-9(8)10(7)14(12)13/h2-6H,1H3,(H,12,13). The number of aromatic nitrogens is 1. The van der Waals surface area contributed by atoms with Crippen LogP contribution in [0.3, 0.4) is 0 Å². The Balaban J connectivity index is 2.90. The van der Waals surface area contributed by atoms with E-state index < -0.39 is 11.1 Å². The average molecular weight is 207 g/mol. The van der Waals surface area contributed by atoms with Crippen molar-refractivity contribution >= 4 is 22.0 Å². The monoisotopic (exact) mass is 207 g/mol. The van der Waals surface area contributed by atoms with E-state index in [0.29, 0.717) is 10.4 Å². The van der Waals surface area contributed by atoms with Crippen LogP contribution in [0.1, 0.15) is 5.56 Å². The maximum atomic E-state index is 11.1. The lowest BCUT2D eigenvalue weighted by Gasteiger charge is -2.04. The van der Waals surface area contributed by atoms with Crippen molar-refractivity contribution < 1.29 is 8.76 Å². The molecule has 0 aliphatic rings. The summed E-state index contributed by atoms with van der Waals surface area (Å²) in [7, 11) is 0. The summed E-state index contributed by atoms with van der Waals surface area (Å²) >= 11 is -1.98. The molecular weight excluding hydrogens is 198 g/mol. The maximum absolute atomic E-state index is 11.1. The van der Waals surface area contributed by atoms with Gasteiger partial charge in [-0.3, -0.25) is 4.98 Å². The molecule has 0 aliphatic heterocycles. The van der Waals surface area contributed by atoms with E-state index in [0.717, 1.165) is 10.9 Å². The van der Waals surface area contributed by atoms with E-state index in [2.05, 4.69) is 4.98 Å². The molecule has 0 amide bonds. The Bertz CT molecular complexity index is 510. The van der Waals surface area contributed by atoms with Crippen molar-refractivity contribution in [2.24, 2.45) is 0 Å².